The smallest absolute Gasteiger partial charge is 0.410 e. The maximum Gasteiger partial charge on any atom is 0.410 e. The number of alkyl halides is 1. The second-order valence-corrected chi connectivity index (χ2v) is 20.2. The molecule has 3 saturated heterocycles. The van der Waals surface area contributed by atoms with Gasteiger partial charge in [0, 0.05) is 26.2 Å². The van der Waals surface area contributed by atoms with Gasteiger partial charge < -0.3 is 57.9 Å². The molecule has 322 valence electrons. The average Bonchev–Trinajstić information content (AvgIpc) is 3.89. The summed E-state index contributed by atoms with van der Waals surface area (Å²) >= 11 is 10.5. The van der Waals surface area contributed by atoms with Crippen LogP contribution in [0.15, 0.2) is 30.0 Å². The van der Waals surface area contributed by atoms with Crippen LogP contribution >= 0.6 is 13.4 Å². The number of H-pyrrole nitrogens is 1. The van der Waals surface area contributed by atoms with E-state index in [-0.39, 0.29) is 35.6 Å². The highest BCUT2D eigenvalue weighted by atomic mass is 32.5. The van der Waals surface area contributed by atoms with Crippen molar-refractivity contribution in [2.45, 2.75) is 88.4 Å². The van der Waals surface area contributed by atoms with Gasteiger partial charge in [0.2, 0.25) is 5.91 Å². The minimum absolute atomic E-state index is 0.00243. The first-order valence-electron chi connectivity index (χ1n) is 17.8. The van der Waals surface area contributed by atoms with Crippen molar-refractivity contribution in [3.63, 3.8) is 0 Å². The molecule has 5 N–H and O–H groups in total. The van der Waals surface area contributed by atoms with Gasteiger partial charge in [-0.1, -0.05) is 0 Å². The number of aliphatic hydroxyl groups excluding tert-OH is 1. The summed E-state index contributed by atoms with van der Waals surface area (Å²) < 4.78 is 73.3. The number of halogens is 2. The van der Waals surface area contributed by atoms with Gasteiger partial charge in [-0.05, 0) is 50.8 Å². The highest BCUT2D eigenvalue weighted by Crippen LogP contribution is 2.54. The van der Waals surface area contributed by atoms with Crippen molar-refractivity contribution in [2.75, 3.05) is 32.1 Å². The number of nitrogens with one attached hydrogen (secondary N) is 2. The van der Waals surface area contributed by atoms with E-state index in [4.69, 9.17) is 55.9 Å². The normalized spacial score (nSPS) is 31.6. The van der Waals surface area contributed by atoms with Crippen LogP contribution in [0.4, 0.5) is 19.4 Å². The Labute approximate surface area is 342 Å². The number of carbonyl (C=O) groups excluding carboxylic acids is 2. The topological polar surface area (TPSA) is 269 Å². The molecule has 0 spiro atoms. The number of hydrogen-bond acceptors (Lipinski definition) is 17. The molecule has 4 aromatic rings. The van der Waals surface area contributed by atoms with Crippen LogP contribution in [0.2, 0.25) is 0 Å². The first-order chi connectivity index (χ1) is 27.7. The van der Waals surface area contributed by atoms with Crippen molar-refractivity contribution < 1.29 is 65.6 Å². The predicted octanol–water partition coefficient (Wildman–Crippen LogP) is 2.03. The fraction of sp³-hybridized carbons (Fsp3) is 0.581. The van der Waals surface area contributed by atoms with Gasteiger partial charge in [0.05, 0.1) is 25.9 Å². The monoisotopic (exact) mass is 909 g/mol. The Morgan fingerprint density at radius 3 is 2.42 bits per heavy atom. The second-order valence-electron chi connectivity index (χ2n) is 14.6. The van der Waals surface area contributed by atoms with E-state index in [9.17, 15) is 33.7 Å². The molecule has 7 rings (SSSR count). The van der Waals surface area contributed by atoms with Crippen LogP contribution in [-0.4, -0.2) is 135 Å². The lowest BCUT2D eigenvalue weighted by Gasteiger charge is -2.28. The van der Waals surface area contributed by atoms with E-state index in [1.165, 1.54) is 15.8 Å². The summed E-state index contributed by atoms with van der Waals surface area (Å²) in [5, 5.41) is 13.4. The van der Waals surface area contributed by atoms with E-state index in [1.807, 2.05) is 0 Å². The number of fused-ring (bicyclic) bond motifs is 5. The Hall–Kier alpha value is -3.49. The van der Waals surface area contributed by atoms with Crippen LogP contribution in [0, 0.1) is 5.82 Å². The summed E-state index contributed by atoms with van der Waals surface area (Å²) in [4.78, 5) is 79.9. The zero-order chi connectivity index (χ0) is 42.6. The quantitative estimate of drug-likeness (QED) is 0.166. The van der Waals surface area contributed by atoms with E-state index in [0.29, 0.717) is 6.42 Å². The standard InChI is InChI=1S/C31H39F2N9O13P2S2/c1-31(2,3)53-30(46)40(4)7-5-6-17(43)39-24-20-26(36-11-34-24)42(13-38-20)28-19(33)22-16(52-28)10-50-57(48,59)55-23-21(44)15(9-49-56(47,58)54-22)51-29(23)41-8-14(32)18-25(41)35-12-37-27(18)45/h8,11-13,15-16,19,21-23,28-29,44H,5-7,9-10H2,1-4H3,(H,47,58)(H,48,59)(H,35,37,45)(H,34,36,39,43)/t15-,16-,19-,21-,22-,23-,28-,29?,56?,57?/m1/s1. The van der Waals surface area contributed by atoms with Crippen LogP contribution < -0.4 is 10.9 Å². The highest BCUT2D eigenvalue weighted by molar-refractivity contribution is 8.07. The number of aromatic amines is 1. The van der Waals surface area contributed by atoms with Crippen LogP contribution in [0.1, 0.15) is 46.1 Å². The first kappa shape index (κ1) is 43.6. The van der Waals surface area contributed by atoms with E-state index in [0.717, 1.165) is 23.4 Å². The number of imidazole rings is 1. The van der Waals surface area contributed by atoms with Crippen LogP contribution in [0.5, 0.6) is 0 Å². The summed E-state index contributed by atoms with van der Waals surface area (Å²) in [6.45, 7) is -4.74. The van der Waals surface area contributed by atoms with Gasteiger partial charge in [0.15, 0.2) is 47.1 Å². The SMILES string of the molecule is CN(CCCC(=O)Nc1ncnc2c1ncn2[C@@H]1O[C@@H]2COP(O)(=S)O[C@H]3C(n4cc(F)c5c(=O)[nH]cnc54)O[C@H](COP(O)(=S)O[C@H]2[C@H]1F)[C@H]3O)C(=O)OC(C)(C)C. The average molecular weight is 910 g/mol. The number of aromatic nitrogens is 7. The Morgan fingerprint density at radius 2 is 1.71 bits per heavy atom. The number of aliphatic hydroxyl groups is 1. The third-order valence-corrected chi connectivity index (χ3v) is 12.3. The van der Waals surface area contributed by atoms with E-state index < -0.39 is 110 Å². The molecular formula is C31H39F2N9O13P2S2. The highest BCUT2D eigenvalue weighted by Gasteiger charge is 2.53. The van der Waals surface area contributed by atoms with Crippen LogP contribution in [0.25, 0.3) is 22.2 Å². The van der Waals surface area contributed by atoms with Gasteiger partial charge >= 0.3 is 19.5 Å². The number of hydrogen-bond donors (Lipinski definition) is 5. The molecular weight excluding hydrogens is 870 g/mol. The number of ether oxygens (including phenoxy) is 3. The third-order valence-electron chi connectivity index (χ3n) is 9.23. The molecule has 10 atom stereocenters. The molecule has 59 heavy (non-hydrogen) atoms. The molecule has 3 fully saturated rings. The molecule has 4 aromatic heterocycles. The Kier molecular flexibility index (Phi) is 12.4. The molecule has 0 aliphatic carbocycles. The van der Waals surface area contributed by atoms with Crippen LogP contribution in [0.3, 0.4) is 0 Å². The number of anilines is 1. The van der Waals surface area contributed by atoms with Crippen molar-refractivity contribution in [3.8, 4) is 0 Å². The van der Waals surface area contributed by atoms with E-state index >= 15 is 4.39 Å². The molecule has 3 aliphatic rings. The lowest BCUT2D eigenvalue weighted by Crippen LogP contribution is -2.35. The fourth-order valence-corrected chi connectivity index (χ4v) is 9.40. The van der Waals surface area contributed by atoms with Crippen molar-refractivity contribution in [3.05, 3.63) is 41.3 Å². The lowest BCUT2D eigenvalue weighted by atomic mass is 10.1. The largest absolute Gasteiger partial charge is 0.444 e. The van der Waals surface area contributed by atoms with Gasteiger partial charge in [-0.3, -0.25) is 23.2 Å². The number of rotatable bonds is 7. The summed E-state index contributed by atoms with van der Waals surface area (Å²) in [5.41, 5.74) is -1.59. The number of nitrogens with zero attached hydrogens (tertiary/aromatic N) is 7. The molecule has 2 bridgehead atoms. The molecule has 0 radical (unpaired) electrons. The maximum atomic E-state index is 16.5. The summed E-state index contributed by atoms with van der Waals surface area (Å²) in [6, 6.07) is 0. The van der Waals surface area contributed by atoms with E-state index in [2.05, 4.69) is 30.2 Å². The molecule has 7 heterocycles. The van der Waals surface area contributed by atoms with Crippen molar-refractivity contribution in [1.82, 2.24) is 39.0 Å². The third kappa shape index (κ3) is 9.39. The van der Waals surface area contributed by atoms with Gasteiger partial charge in [0.25, 0.3) is 5.56 Å². The maximum absolute atomic E-state index is 16.5. The minimum Gasteiger partial charge on any atom is -0.444 e. The minimum atomic E-state index is -4.41. The summed E-state index contributed by atoms with van der Waals surface area (Å²) in [5.74, 6) is -1.43. The Morgan fingerprint density at radius 1 is 1.03 bits per heavy atom. The molecule has 3 aliphatic heterocycles. The number of carbonyl (C=O) groups is 2. The molecule has 0 aromatic carbocycles. The van der Waals surface area contributed by atoms with Crippen molar-refractivity contribution in [1.29, 1.82) is 0 Å². The van der Waals surface area contributed by atoms with Crippen LogP contribution in [-0.2, 0) is 60.7 Å². The van der Waals surface area contributed by atoms with Gasteiger partial charge in [-0.15, -0.1) is 0 Å². The molecule has 0 saturated carbocycles. The summed E-state index contributed by atoms with van der Waals surface area (Å²) in [7, 11) is 1.55. The van der Waals surface area contributed by atoms with Gasteiger partial charge in [0.1, 0.15) is 47.8 Å². The zero-order valence-corrected chi connectivity index (χ0v) is 34.9. The zero-order valence-electron chi connectivity index (χ0n) is 31.5. The molecule has 28 heteroatoms. The van der Waals surface area contributed by atoms with E-state index in [1.54, 1.807) is 27.8 Å². The Bertz CT molecular complexity index is 2400. The lowest BCUT2D eigenvalue weighted by molar-refractivity contribution is -0.116. The molecule has 22 nitrogen and oxygen atoms in total. The molecule has 2 amide bonds. The fourth-order valence-electron chi connectivity index (χ4n) is 6.55. The first-order valence-corrected chi connectivity index (χ1v) is 23.0. The molecule has 3 unspecified atom stereocenters. The predicted molar refractivity (Wildman–Crippen MR) is 206 cm³/mol. The van der Waals surface area contributed by atoms with Crippen molar-refractivity contribution >= 4 is 77.1 Å². The Balaban J connectivity index is 1.08. The van der Waals surface area contributed by atoms with Gasteiger partial charge in [-0.2, -0.15) is 0 Å². The number of amides is 2. The summed E-state index contributed by atoms with van der Waals surface area (Å²) in [6.07, 6.45) is -9.06. The van der Waals surface area contributed by atoms with Crippen molar-refractivity contribution in [2.24, 2.45) is 0 Å². The second kappa shape index (κ2) is 16.8. The van der Waals surface area contributed by atoms with Gasteiger partial charge in [-0.25, -0.2) is 33.5 Å².